The van der Waals surface area contributed by atoms with Crippen molar-refractivity contribution < 1.29 is 4.79 Å². The van der Waals surface area contributed by atoms with Crippen LogP contribution in [0.3, 0.4) is 0 Å². The zero-order valence-electron chi connectivity index (χ0n) is 15.7. The molecule has 3 aromatic rings. The maximum atomic E-state index is 13.0. The summed E-state index contributed by atoms with van der Waals surface area (Å²) < 4.78 is 1.80. The highest BCUT2D eigenvalue weighted by Gasteiger charge is 2.23. The number of hydrogen-bond acceptors (Lipinski definition) is 4. The number of rotatable bonds is 3. The Morgan fingerprint density at radius 2 is 1.75 bits per heavy atom. The van der Waals surface area contributed by atoms with Gasteiger partial charge in [-0.15, -0.1) is 0 Å². The minimum atomic E-state index is -0.0535. The maximum absolute atomic E-state index is 13.0. The number of nitrogens with zero attached hydrogens (tertiary/aromatic N) is 4. The van der Waals surface area contributed by atoms with Gasteiger partial charge in [0.1, 0.15) is 0 Å². The molecule has 1 N–H and O–H groups in total. The van der Waals surface area contributed by atoms with Crippen molar-refractivity contribution in [1.29, 1.82) is 5.26 Å². The third-order valence-electron chi connectivity index (χ3n) is 4.92. The topological polar surface area (TPSA) is 74.0 Å². The molecular weight excluding hydrogens is 350 g/mol. The Morgan fingerprint density at radius 3 is 2.39 bits per heavy atom. The van der Waals surface area contributed by atoms with Crippen molar-refractivity contribution in [2.75, 3.05) is 26.2 Å². The van der Waals surface area contributed by atoms with Crippen LogP contribution in [0, 0.1) is 18.3 Å². The second-order valence-corrected chi connectivity index (χ2v) is 6.89. The maximum Gasteiger partial charge on any atom is 0.274 e. The number of amides is 1. The van der Waals surface area contributed by atoms with E-state index in [0.29, 0.717) is 24.3 Å². The molecule has 1 amide bonds. The van der Waals surface area contributed by atoms with Crippen molar-refractivity contribution in [3.63, 3.8) is 0 Å². The van der Waals surface area contributed by atoms with Crippen LogP contribution in [0.4, 0.5) is 0 Å². The van der Waals surface area contributed by atoms with Gasteiger partial charge in [-0.2, -0.15) is 10.4 Å². The molecule has 1 aliphatic heterocycles. The van der Waals surface area contributed by atoms with Gasteiger partial charge in [-0.25, -0.2) is 4.68 Å². The zero-order chi connectivity index (χ0) is 19.5. The van der Waals surface area contributed by atoms with Crippen molar-refractivity contribution in [2.24, 2.45) is 0 Å². The first-order chi connectivity index (χ1) is 13.7. The first-order valence-electron chi connectivity index (χ1n) is 9.33. The van der Waals surface area contributed by atoms with Gasteiger partial charge >= 0.3 is 0 Å². The van der Waals surface area contributed by atoms with Gasteiger partial charge in [0.2, 0.25) is 0 Å². The fourth-order valence-electron chi connectivity index (χ4n) is 3.32. The molecular formula is C22H21N5O. The molecule has 4 rings (SSSR count). The Balaban J connectivity index is 1.77. The van der Waals surface area contributed by atoms with Crippen LogP contribution in [0.25, 0.3) is 16.9 Å². The van der Waals surface area contributed by atoms with Crippen LogP contribution in [0.15, 0.2) is 54.6 Å². The lowest BCUT2D eigenvalue weighted by Crippen LogP contribution is -2.46. The molecule has 1 aromatic heterocycles. The summed E-state index contributed by atoms with van der Waals surface area (Å²) in [4.78, 5) is 14.8. The van der Waals surface area contributed by atoms with Crippen LogP contribution in [0.5, 0.6) is 0 Å². The van der Waals surface area contributed by atoms with Crippen molar-refractivity contribution >= 4 is 5.91 Å². The van der Waals surface area contributed by atoms with Crippen LogP contribution in [0.1, 0.15) is 21.6 Å². The van der Waals surface area contributed by atoms with E-state index in [2.05, 4.69) is 16.5 Å². The number of carbonyl (C=O) groups excluding carboxylic acids is 1. The molecule has 2 aromatic carbocycles. The summed E-state index contributed by atoms with van der Waals surface area (Å²) >= 11 is 0. The summed E-state index contributed by atoms with van der Waals surface area (Å²) in [6, 6.07) is 19.3. The quantitative estimate of drug-likeness (QED) is 0.768. The predicted molar refractivity (Wildman–Crippen MR) is 107 cm³/mol. The predicted octanol–water partition coefficient (Wildman–Crippen LogP) is 2.76. The van der Waals surface area contributed by atoms with E-state index in [1.165, 1.54) is 0 Å². The SMILES string of the molecule is Cc1ccc(-n2nc(C(=O)N3CCNCC3)cc2-c2ccc(C#N)cc2)cc1. The largest absolute Gasteiger partial charge is 0.335 e. The molecule has 140 valence electrons. The van der Waals surface area contributed by atoms with E-state index in [0.717, 1.165) is 35.6 Å². The molecule has 1 aliphatic rings. The third kappa shape index (κ3) is 3.53. The van der Waals surface area contributed by atoms with Crippen LogP contribution < -0.4 is 5.32 Å². The summed E-state index contributed by atoms with van der Waals surface area (Å²) in [7, 11) is 0. The van der Waals surface area contributed by atoms with Gasteiger partial charge in [-0.3, -0.25) is 4.79 Å². The molecule has 2 heterocycles. The van der Waals surface area contributed by atoms with Gasteiger partial charge in [-0.05, 0) is 37.3 Å². The van der Waals surface area contributed by atoms with Crippen LogP contribution in [0.2, 0.25) is 0 Å². The monoisotopic (exact) mass is 371 g/mol. The Bertz CT molecular complexity index is 1020. The van der Waals surface area contributed by atoms with E-state index < -0.39 is 0 Å². The third-order valence-corrected chi connectivity index (χ3v) is 4.92. The number of hydrogen-bond donors (Lipinski definition) is 1. The molecule has 28 heavy (non-hydrogen) atoms. The molecule has 1 saturated heterocycles. The number of piperazine rings is 1. The Kier molecular flexibility index (Phi) is 4.92. The average Bonchev–Trinajstić information content (AvgIpc) is 3.20. The molecule has 6 heteroatoms. The van der Waals surface area contributed by atoms with E-state index in [1.54, 1.807) is 16.8 Å². The standard InChI is InChI=1S/C22H21N5O/c1-16-2-8-19(9-3-16)27-21(18-6-4-17(15-23)5-7-18)14-20(25-27)22(28)26-12-10-24-11-13-26/h2-9,14,24H,10-13H2,1H3. The number of aryl methyl sites for hydroxylation is 1. The molecule has 0 bridgehead atoms. The number of nitriles is 1. The van der Waals surface area contributed by atoms with Crippen molar-refractivity contribution in [2.45, 2.75) is 6.92 Å². The zero-order valence-corrected chi connectivity index (χ0v) is 15.7. The summed E-state index contributed by atoms with van der Waals surface area (Å²) in [5, 5.41) is 17.0. The molecule has 0 saturated carbocycles. The highest BCUT2D eigenvalue weighted by Crippen LogP contribution is 2.25. The lowest BCUT2D eigenvalue weighted by molar-refractivity contribution is 0.0729. The average molecular weight is 371 g/mol. The van der Waals surface area contributed by atoms with Crippen LogP contribution in [-0.4, -0.2) is 46.8 Å². The number of nitrogens with one attached hydrogen (secondary N) is 1. The minimum Gasteiger partial charge on any atom is -0.335 e. The molecule has 1 fully saturated rings. The van der Waals surface area contributed by atoms with E-state index in [1.807, 2.05) is 54.3 Å². The van der Waals surface area contributed by atoms with Crippen LogP contribution in [-0.2, 0) is 0 Å². The molecule has 6 nitrogen and oxygen atoms in total. The smallest absolute Gasteiger partial charge is 0.274 e. The van der Waals surface area contributed by atoms with Crippen LogP contribution >= 0.6 is 0 Å². The van der Waals surface area contributed by atoms with E-state index in [9.17, 15) is 4.79 Å². The number of carbonyl (C=O) groups is 1. The van der Waals surface area contributed by atoms with Crippen molar-refractivity contribution in [1.82, 2.24) is 20.0 Å². The van der Waals surface area contributed by atoms with E-state index >= 15 is 0 Å². The molecule has 0 radical (unpaired) electrons. The fraction of sp³-hybridized carbons (Fsp3) is 0.227. The first-order valence-corrected chi connectivity index (χ1v) is 9.33. The lowest BCUT2D eigenvalue weighted by atomic mass is 10.1. The van der Waals surface area contributed by atoms with Gasteiger partial charge in [0.25, 0.3) is 5.91 Å². The highest BCUT2D eigenvalue weighted by molar-refractivity contribution is 5.93. The lowest BCUT2D eigenvalue weighted by Gasteiger charge is -2.26. The summed E-state index contributed by atoms with van der Waals surface area (Å²) in [5.74, 6) is -0.0535. The molecule has 0 spiro atoms. The van der Waals surface area contributed by atoms with Gasteiger partial charge < -0.3 is 10.2 Å². The van der Waals surface area contributed by atoms with Crippen molar-refractivity contribution in [3.05, 3.63) is 71.4 Å². The van der Waals surface area contributed by atoms with Gasteiger partial charge in [0.15, 0.2) is 5.69 Å². The van der Waals surface area contributed by atoms with Gasteiger partial charge in [-0.1, -0.05) is 29.8 Å². The Labute approximate surface area is 164 Å². The minimum absolute atomic E-state index is 0.0535. The number of aromatic nitrogens is 2. The second kappa shape index (κ2) is 7.67. The normalized spacial score (nSPS) is 13.9. The Hall–Kier alpha value is -3.43. The fourth-order valence-corrected chi connectivity index (χ4v) is 3.32. The number of benzene rings is 2. The molecule has 0 atom stereocenters. The highest BCUT2D eigenvalue weighted by atomic mass is 16.2. The summed E-state index contributed by atoms with van der Waals surface area (Å²) in [6.45, 7) is 5.00. The first kappa shape index (κ1) is 18.0. The van der Waals surface area contributed by atoms with Gasteiger partial charge in [0.05, 0.1) is 23.0 Å². The van der Waals surface area contributed by atoms with Crippen molar-refractivity contribution in [3.8, 4) is 23.0 Å². The second-order valence-electron chi connectivity index (χ2n) is 6.89. The Morgan fingerprint density at radius 1 is 1.07 bits per heavy atom. The van der Waals surface area contributed by atoms with E-state index in [-0.39, 0.29) is 5.91 Å². The van der Waals surface area contributed by atoms with Gasteiger partial charge in [0, 0.05) is 31.7 Å². The molecule has 0 unspecified atom stereocenters. The summed E-state index contributed by atoms with van der Waals surface area (Å²) in [5.41, 5.74) is 4.82. The summed E-state index contributed by atoms with van der Waals surface area (Å²) in [6.07, 6.45) is 0. The van der Waals surface area contributed by atoms with E-state index in [4.69, 9.17) is 5.26 Å². The molecule has 0 aliphatic carbocycles.